The summed E-state index contributed by atoms with van der Waals surface area (Å²) in [5, 5.41) is 7.77. The van der Waals surface area contributed by atoms with Crippen LogP contribution >= 0.6 is 0 Å². The highest BCUT2D eigenvalue weighted by Crippen LogP contribution is 2.30. The van der Waals surface area contributed by atoms with Crippen molar-refractivity contribution in [3.63, 3.8) is 0 Å². The standard InChI is InChI=1S/C22H23N3O2/c1-27-21-13-6-5-10-17(21)22(26)24-19-11-7-12-20-18(19)14-23-25(20)15-16-8-3-2-4-9-16/h2-6,8-10,13-14,19H,7,11-12,15H2,1H3,(H,24,26)/t19-/m1/s1. The van der Waals surface area contributed by atoms with Crippen LogP contribution in [-0.2, 0) is 13.0 Å². The van der Waals surface area contributed by atoms with E-state index in [1.165, 1.54) is 11.3 Å². The topological polar surface area (TPSA) is 56.1 Å². The molecule has 0 saturated heterocycles. The lowest BCUT2D eigenvalue weighted by atomic mass is 9.92. The minimum absolute atomic E-state index is 0.0179. The van der Waals surface area contributed by atoms with Crippen LogP contribution in [0.3, 0.4) is 0 Å². The lowest BCUT2D eigenvalue weighted by molar-refractivity contribution is 0.0929. The second-order valence-corrected chi connectivity index (χ2v) is 6.81. The maximum atomic E-state index is 12.8. The first kappa shape index (κ1) is 17.3. The highest BCUT2D eigenvalue weighted by molar-refractivity contribution is 5.97. The predicted molar refractivity (Wildman–Crippen MR) is 104 cm³/mol. The van der Waals surface area contributed by atoms with Gasteiger partial charge in [-0.3, -0.25) is 9.48 Å². The molecule has 5 nitrogen and oxygen atoms in total. The predicted octanol–water partition coefficient (Wildman–Crippen LogP) is 3.75. The second-order valence-electron chi connectivity index (χ2n) is 6.81. The number of benzene rings is 2. The van der Waals surface area contributed by atoms with Crippen molar-refractivity contribution in [2.24, 2.45) is 0 Å². The van der Waals surface area contributed by atoms with Crippen LogP contribution in [0.1, 0.15) is 46.1 Å². The highest BCUT2D eigenvalue weighted by Gasteiger charge is 2.26. The van der Waals surface area contributed by atoms with E-state index in [1.807, 2.05) is 36.5 Å². The Hall–Kier alpha value is -3.08. The van der Waals surface area contributed by atoms with Gasteiger partial charge < -0.3 is 10.1 Å². The molecule has 2 aromatic carbocycles. The summed E-state index contributed by atoms with van der Waals surface area (Å²) < 4.78 is 7.38. The molecule has 1 N–H and O–H groups in total. The van der Waals surface area contributed by atoms with E-state index in [4.69, 9.17) is 4.74 Å². The minimum atomic E-state index is -0.110. The summed E-state index contributed by atoms with van der Waals surface area (Å²) in [6, 6.07) is 17.6. The summed E-state index contributed by atoms with van der Waals surface area (Å²) >= 11 is 0. The summed E-state index contributed by atoms with van der Waals surface area (Å²) in [5.41, 5.74) is 4.13. The molecule has 138 valence electrons. The van der Waals surface area contributed by atoms with Crippen molar-refractivity contribution < 1.29 is 9.53 Å². The fourth-order valence-electron chi connectivity index (χ4n) is 3.73. The molecule has 1 aliphatic rings. The van der Waals surface area contributed by atoms with Gasteiger partial charge in [0.2, 0.25) is 0 Å². The number of nitrogens with zero attached hydrogens (tertiary/aromatic N) is 2. The minimum Gasteiger partial charge on any atom is -0.496 e. The molecule has 27 heavy (non-hydrogen) atoms. The van der Waals surface area contributed by atoms with Crippen LogP contribution in [0.4, 0.5) is 0 Å². The maximum Gasteiger partial charge on any atom is 0.255 e. The molecular formula is C22H23N3O2. The molecule has 0 radical (unpaired) electrons. The summed E-state index contributed by atoms with van der Waals surface area (Å²) in [7, 11) is 1.58. The van der Waals surface area contributed by atoms with Crippen molar-refractivity contribution in [2.45, 2.75) is 31.8 Å². The first-order valence-electron chi connectivity index (χ1n) is 9.28. The van der Waals surface area contributed by atoms with Crippen molar-refractivity contribution in [3.8, 4) is 5.75 Å². The van der Waals surface area contributed by atoms with Crippen LogP contribution < -0.4 is 10.1 Å². The summed E-state index contributed by atoms with van der Waals surface area (Å²) in [4.78, 5) is 12.8. The Morgan fingerprint density at radius 3 is 2.78 bits per heavy atom. The molecule has 0 spiro atoms. The average molecular weight is 361 g/mol. The van der Waals surface area contributed by atoms with Gasteiger partial charge >= 0.3 is 0 Å². The van der Waals surface area contributed by atoms with Crippen molar-refractivity contribution in [2.75, 3.05) is 7.11 Å². The van der Waals surface area contributed by atoms with Crippen molar-refractivity contribution in [3.05, 3.63) is 83.2 Å². The van der Waals surface area contributed by atoms with Crippen LogP contribution in [0.15, 0.2) is 60.8 Å². The third-order valence-electron chi connectivity index (χ3n) is 5.09. The number of hydrogen-bond donors (Lipinski definition) is 1. The number of hydrogen-bond acceptors (Lipinski definition) is 3. The van der Waals surface area contributed by atoms with E-state index in [1.54, 1.807) is 19.2 Å². The fraction of sp³-hybridized carbons (Fsp3) is 0.273. The molecule has 1 aliphatic carbocycles. The van der Waals surface area contributed by atoms with Gasteiger partial charge in [0, 0.05) is 11.3 Å². The van der Waals surface area contributed by atoms with Gasteiger partial charge in [0.25, 0.3) is 5.91 Å². The maximum absolute atomic E-state index is 12.8. The van der Waals surface area contributed by atoms with E-state index in [2.05, 4.69) is 27.2 Å². The van der Waals surface area contributed by atoms with E-state index in [0.29, 0.717) is 11.3 Å². The number of carbonyl (C=O) groups excluding carboxylic acids is 1. The fourth-order valence-corrected chi connectivity index (χ4v) is 3.73. The number of aromatic nitrogens is 2. The number of methoxy groups -OCH3 is 1. The zero-order chi connectivity index (χ0) is 18.6. The normalized spacial score (nSPS) is 15.8. The number of rotatable bonds is 5. The van der Waals surface area contributed by atoms with Gasteiger partial charge in [-0.2, -0.15) is 5.10 Å². The van der Waals surface area contributed by atoms with Crippen molar-refractivity contribution >= 4 is 5.91 Å². The molecule has 1 atom stereocenters. The van der Waals surface area contributed by atoms with Gasteiger partial charge in [-0.1, -0.05) is 42.5 Å². The molecule has 0 unspecified atom stereocenters. The number of ether oxygens (including phenoxy) is 1. The van der Waals surface area contributed by atoms with Gasteiger partial charge in [-0.15, -0.1) is 0 Å². The van der Waals surface area contributed by atoms with Gasteiger partial charge in [-0.25, -0.2) is 0 Å². The smallest absolute Gasteiger partial charge is 0.255 e. The van der Waals surface area contributed by atoms with Crippen molar-refractivity contribution in [1.82, 2.24) is 15.1 Å². The van der Waals surface area contributed by atoms with Crippen LogP contribution in [0.5, 0.6) is 5.75 Å². The molecule has 3 aromatic rings. The van der Waals surface area contributed by atoms with E-state index in [9.17, 15) is 4.79 Å². The monoisotopic (exact) mass is 361 g/mol. The Kier molecular flexibility index (Phi) is 4.92. The highest BCUT2D eigenvalue weighted by atomic mass is 16.5. The van der Waals surface area contributed by atoms with Crippen LogP contribution in [0.2, 0.25) is 0 Å². The van der Waals surface area contributed by atoms with Gasteiger partial charge in [-0.05, 0) is 37.0 Å². The van der Waals surface area contributed by atoms with Crippen LogP contribution in [0.25, 0.3) is 0 Å². The third-order valence-corrected chi connectivity index (χ3v) is 5.09. The van der Waals surface area contributed by atoms with E-state index >= 15 is 0 Å². The Labute approximate surface area is 159 Å². The van der Waals surface area contributed by atoms with Gasteiger partial charge in [0.15, 0.2) is 0 Å². The Balaban J connectivity index is 1.54. The number of para-hydroxylation sites is 1. The average Bonchev–Trinajstić information content (AvgIpc) is 3.12. The summed E-state index contributed by atoms with van der Waals surface area (Å²) in [6.07, 6.45) is 4.85. The molecule has 5 heteroatoms. The van der Waals surface area contributed by atoms with Gasteiger partial charge in [0.05, 0.1) is 31.5 Å². The Bertz CT molecular complexity index is 934. The number of amides is 1. The van der Waals surface area contributed by atoms with Crippen LogP contribution in [0, 0.1) is 0 Å². The Morgan fingerprint density at radius 2 is 1.96 bits per heavy atom. The molecular weight excluding hydrogens is 338 g/mol. The van der Waals surface area contributed by atoms with Crippen molar-refractivity contribution in [1.29, 1.82) is 0 Å². The quantitative estimate of drug-likeness (QED) is 0.753. The molecule has 0 bridgehead atoms. The Morgan fingerprint density at radius 1 is 1.19 bits per heavy atom. The molecule has 0 saturated carbocycles. The summed E-state index contributed by atoms with van der Waals surface area (Å²) in [6.45, 7) is 0.753. The van der Waals surface area contributed by atoms with E-state index < -0.39 is 0 Å². The van der Waals surface area contributed by atoms with Gasteiger partial charge in [0.1, 0.15) is 5.75 Å². The first-order chi connectivity index (χ1) is 13.3. The zero-order valence-electron chi connectivity index (χ0n) is 15.4. The molecule has 4 rings (SSSR count). The lowest BCUT2D eigenvalue weighted by Crippen LogP contribution is -2.31. The first-order valence-corrected chi connectivity index (χ1v) is 9.28. The SMILES string of the molecule is COc1ccccc1C(=O)N[C@@H]1CCCc2c1cnn2Cc1ccccc1. The molecule has 1 amide bonds. The lowest BCUT2D eigenvalue weighted by Gasteiger charge is -2.24. The number of carbonyl (C=O) groups is 1. The molecule has 1 heterocycles. The largest absolute Gasteiger partial charge is 0.496 e. The number of fused-ring (bicyclic) bond motifs is 1. The third kappa shape index (κ3) is 3.58. The van der Waals surface area contributed by atoms with E-state index in [0.717, 1.165) is 31.4 Å². The van der Waals surface area contributed by atoms with E-state index in [-0.39, 0.29) is 11.9 Å². The molecule has 0 aliphatic heterocycles. The molecule has 1 aromatic heterocycles. The second kappa shape index (κ2) is 7.66. The molecule has 0 fully saturated rings. The van der Waals surface area contributed by atoms with Crippen LogP contribution in [-0.4, -0.2) is 22.8 Å². The summed E-state index contributed by atoms with van der Waals surface area (Å²) in [5.74, 6) is 0.479. The zero-order valence-corrected chi connectivity index (χ0v) is 15.4. The number of nitrogens with one attached hydrogen (secondary N) is 1.